The second kappa shape index (κ2) is 10.4. The van der Waals surface area contributed by atoms with Gasteiger partial charge < -0.3 is 25.0 Å². The van der Waals surface area contributed by atoms with Crippen LogP contribution in [0.5, 0.6) is 11.5 Å². The average molecular weight is 528 g/mol. The van der Waals surface area contributed by atoms with E-state index in [2.05, 4.69) is 37.5 Å². The van der Waals surface area contributed by atoms with Crippen LogP contribution in [0.25, 0.3) is 11.1 Å². The molecule has 1 saturated carbocycles. The number of nitrogens with one attached hydrogen (secondary N) is 2. The predicted molar refractivity (Wildman–Crippen MR) is 154 cm³/mol. The minimum atomic E-state index is -0.550. The molecule has 5 rings (SSSR count). The first-order chi connectivity index (χ1) is 18.6. The molecule has 0 radical (unpaired) electrons. The molecular weight excluding hydrogens is 490 g/mol. The molecule has 7 heteroatoms. The molecule has 0 saturated heterocycles. The highest BCUT2D eigenvalue weighted by Gasteiger charge is 2.51. The van der Waals surface area contributed by atoms with Crippen molar-refractivity contribution in [2.75, 3.05) is 39.3 Å². The third kappa shape index (κ3) is 5.64. The van der Waals surface area contributed by atoms with Gasteiger partial charge in [0.05, 0.1) is 5.41 Å². The van der Waals surface area contributed by atoms with Crippen LogP contribution in [0.4, 0.5) is 5.69 Å². The number of rotatable bonds is 8. The summed E-state index contributed by atoms with van der Waals surface area (Å²) < 4.78 is 11.0. The van der Waals surface area contributed by atoms with Gasteiger partial charge in [-0.05, 0) is 91.0 Å². The summed E-state index contributed by atoms with van der Waals surface area (Å²) in [4.78, 5) is 28.1. The Morgan fingerprint density at radius 2 is 1.64 bits per heavy atom. The summed E-state index contributed by atoms with van der Waals surface area (Å²) in [6.07, 6.45) is 1.59. The maximum Gasteiger partial charge on any atom is 0.251 e. The number of amides is 2. The number of fused-ring (bicyclic) bond motifs is 1. The van der Waals surface area contributed by atoms with Crippen LogP contribution >= 0.6 is 0 Å². The van der Waals surface area contributed by atoms with Crippen LogP contribution in [0.3, 0.4) is 0 Å². The van der Waals surface area contributed by atoms with Gasteiger partial charge in [-0.25, -0.2) is 0 Å². The zero-order chi connectivity index (χ0) is 27.8. The van der Waals surface area contributed by atoms with E-state index in [1.165, 1.54) is 5.56 Å². The van der Waals surface area contributed by atoms with Gasteiger partial charge in [0.1, 0.15) is 0 Å². The number of hydrogen-bond donors (Lipinski definition) is 2. The quantitative estimate of drug-likeness (QED) is 0.413. The van der Waals surface area contributed by atoms with Gasteiger partial charge in [0.15, 0.2) is 11.5 Å². The standard InChI is InChI=1S/C32H37N3O4/c1-31(2,3)26-12-11-24(19-25(26)21-6-8-22(9-7-21)29(36)33-16-17-35(4)5)34-30(37)32(14-15-32)23-10-13-27-28(18-23)39-20-38-27/h6-13,18-19H,14-17,20H2,1-5H3,(H,33,36)(H,34,37). The highest BCUT2D eigenvalue weighted by atomic mass is 16.7. The van der Waals surface area contributed by atoms with Crippen LogP contribution in [0.1, 0.15) is 55.1 Å². The number of nitrogens with zero attached hydrogens (tertiary/aromatic N) is 1. The maximum absolute atomic E-state index is 13.5. The Morgan fingerprint density at radius 3 is 2.31 bits per heavy atom. The zero-order valence-corrected chi connectivity index (χ0v) is 23.4. The van der Waals surface area contributed by atoms with Crippen LogP contribution in [0.15, 0.2) is 60.7 Å². The summed E-state index contributed by atoms with van der Waals surface area (Å²) >= 11 is 0. The summed E-state index contributed by atoms with van der Waals surface area (Å²) in [5.41, 5.74) is 4.87. The Kier molecular flexibility index (Phi) is 7.12. The fourth-order valence-electron chi connectivity index (χ4n) is 5.03. The van der Waals surface area contributed by atoms with E-state index in [1.54, 1.807) is 0 Å². The number of carbonyl (C=O) groups excluding carboxylic acids is 2. The van der Waals surface area contributed by atoms with Crippen LogP contribution in [-0.4, -0.2) is 50.7 Å². The fourth-order valence-corrected chi connectivity index (χ4v) is 5.03. The Labute approximate surface area is 230 Å². The lowest BCUT2D eigenvalue weighted by atomic mass is 9.81. The Hall–Kier alpha value is -3.84. The second-order valence-electron chi connectivity index (χ2n) is 11.8. The lowest BCUT2D eigenvalue weighted by Gasteiger charge is -2.24. The number of carbonyl (C=O) groups is 2. The van der Waals surface area contributed by atoms with E-state index in [0.717, 1.165) is 47.5 Å². The second-order valence-corrected chi connectivity index (χ2v) is 11.8. The van der Waals surface area contributed by atoms with E-state index >= 15 is 0 Å². The van der Waals surface area contributed by atoms with Crippen molar-refractivity contribution in [3.63, 3.8) is 0 Å². The van der Waals surface area contributed by atoms with E-state index in [-0.39, 0.29) is 24.0 Å². The lowest BCUT2D eigenvalue weighted by molar-refractivity contribution is -0.118. The molecule has 39 heavy (non-hydrogen) atoms. The van der Waals surface area contributed by atoms with Crippen molar-refractivity contribution in [2.24, 2.45) is 0 Å². The molecule has 0 bridgehead atoms. The van der Waals surface area contributed by atoms with E-state index in [9.17, 15) is 9.59 Å². The van der Waals surface area contributed by atoms with Crippen LogP contribution in [0, 0.1) is 0 Å². The van der Waals surface area contributed by atoms with Crippen LogP contribution < -0.4 is 20.1 Å². The summed E-state index contributed by atoms with van der Waals surface area (Å²) in [5, 5.41) is 6.14. The van der Waals surface area contributed by atoms with Crippen molar-refractivity contribution in [2.45, 2.75) is 44.4 Å². The first kappa shape index (κ1) is 26.8. The number of likely N-dealkylation sites (N-methyl/N-ethyl adjacent to an activating group) is 1. The molecule has 0 unspecified atom stereocenters. The van der Waals surface area contributed by atoms with Gasteiger partial charge in [0.2, 0.25) is 12.7 Å². The third-order valence-electron chi connectivity index (χ3n) is 7.50. The highest BCUT2D eigenvalue weighted by Crippen LogP contribution is 2.51. The van der Waals surface area contributed by atoms with Crippen molar-refractivity contribution < 1.29 is 19.1 Å². The minimum Gasteiger partial charge on any atom is -0.454 e. The molecule has 1 heterocycles. The summed E-state index contributed by atoms with van der Waals surface area (Å²) in [6.45, 7) is 8.12. The van der Waals surface area contributed by atoms with Crippen molar-refractivity contribution >= 4 is 17.5 Å². The minimum absolute atomic E-state index is 0.0134. The topological polar surface area (TPSA) is 79.9 Å². The van der Waals surface area contributed by atoms with Gasteiger partial charge in [-0.3, -0.25) is 9.59 Å². The highest BCUT2D eigenvalue weighted by molar-refractivity contribution is 6.02. The number of hydrogen-bond acceptors (Lipinski definition) is 5. The van der Waals surface area contributed by atoms with Crippen molar-refractivity contribution in [3.8, 4) is 22.6 Å². The Balaban J connectivity index is 1.37. The normalized spacial score (nSPS) is 15.2. The number of ether oxygens (including phenoxy) is 2. The molecule has 2 N–H and O–H groups in total. The lowest BCUT2D eigenvalue weighted by Crippen LogP contribution is -2.31. The van der Waals surface area contributed by atoms with Crippen molar-refractivity contribution in [1.82, 2.24) is 10.2 Å². The largest absolute Gasteiger partial charge is 0.454 e. The molecular formula is C32H37N3O4. The third-order valence-corrected chi connectivity index (χ3v) is 7.50. The zero-order valence-electron chi connectivity index (χ0n) is 23.4. The molecule has 7 nitrogen and oxygen atoms in total. The summed E-state index contributed by atoms with van der Waals surface area (Å²) in [7, 11) is 3.96. The Morgan fingerprint density at radius 1 is 0.923 bits per heavy atom. The van der Waals surface area contributed by atoms with Gasteiger partial charge in [-0.15, -0.1) is 0 Å². The van der Waals surface area contributed by atoms with E-state index in [0.29, 0.717) is 17.9 Å². The molecule has 0 spiro atoms. The van der Waals surface area contributed by atoms with Crippen LogP contribution in [0.2, 0.25) is 0 Å². The SMILES string of the molecule is CN(C)CCNC(=O)c1ccc(-c2cc(NC(=O)C3(c4ccc5c(c4)OCO5)CC3)ccc2C(C)(C)C)cc1. The molecule has 1 fully saturated rings. The number of anilines is 1. The van der Waals surface area contributed by atoms with Gasteiger partial charge in [0.25, 0.3) is 5.91 Å². The molecule has 0 atom stereocenters. The van der Waals surface area contributed by atoms with Gasteiger partial charge >= 0.3 is 0 Å². The van der Waals surface area contributed by atoms with Crippen molar-refractivity contribution in [1.29, 1.82) is 0 Å². The Bertz CT molecular complexity index is 1390. The van der Waals surface area contributed by atoms with E-state index in [4.69, 9.17) is 9.47 Å². The molecule has 2 aliphatic rings. The number of benzene rings is 3. The van der Waals surface area contributed by atoms with Gasteiger partial charge in [-0.1, -0.05) is 45.0 Å². The summed E-state index contributed by atoms with van der Waals surface area (Å²) in [6, 6.07) is 19.6. The van der Waals surface area contributed by atoms with Gasteiger partial charge in [-0.2, -0.15) is 0 Å². The van der Waals surface area contributed by atoms with Crippen molar-refractivity contribution in [3.05, 3.63) is 77.4 Å². The van der Waals surface area contributed by atoms with E-state index < -0.39 is 5.41 Å². The molecule has 1 aliphatic heterocycles. The molecule has 204 valence electrons. The first-order valence-electron chi connectivity index (χ1n) is 13.5. The summed E-state index contributed by atoms with van der Waals surface area (Å²) in [5.74, 6) is 1.31. The molecule has 3 aromatic carbocycles. The predicted octanol–water partition coefficient (Wildman–Crippen LogP) is 5.34. The molecule has 1 aliphatic carbocycles. The molecule has 0 aromatic heterocycles. The monoisotopic (exact) mass is 527 g/mol. The van der Waals surface area contributed by atoms with E-state index in [1.807, 2.05) is 73.6 Å². The molecule has 3 aromatic rings. The van der Waals surface area contributed by atoms with Crippen LogP contribution in [-0.2, 0) is 15.6 Å². The first-order valence-corrected chi connectivity index (χ1v) is 13.5. The fraction of sp³-hybridized carbons (Fsp3) is 0.375. The smallest absolute Gasteiger partial charge is 0.251 e. The van der Waals surface area contributed by atoms with Gasteiger partial charge in [0, 0.05) is 24.3 Å². The molecule has 2 amide bonds. The maximum atomic E-state index is 13.5. The average Bonchev–Trinajstić information content (AvgIpc) is 3.58.